The van der Waals surface area contributed by atoms with Crippen LogP contribution in [-0.4, -0.2) is 18.5 Å². The molecule has 0 bridgehead atoms. The summed E-state index contributed by atoms with van der Waals surface area (Å²) in [5.41, 5.74) is 3.53. The van der Waals surface area contributed by atoms with E-state index in [-0.39, 0.29) is 5.91 Å². The van der Waals surface area contributed by atoms with Crippen LogP contribution in [0.4, 0.5) is 5.69 Å². The van der Waals surface area contributed by atoms with Crippen molar-refractivity contribution in [1.29, 1.82) is 0 Å². The molecule has 1 aliphatic heterocycles. The molecule has 1 fully saturated rings. The zero-order chi connectivity index (χ0) is 15.4. The highest BCUT2D eigenvalue weighted by Gasteiger charge is 2.19. The van der Waals surface area contributed by atoms with Gasteiger partial charge in [-0.25, -0.2) is 0 Å². The van der Waals surface area contributed by atoms with Gasteiger partial charge in [0.05, 0.1) is 0 Å². The summed E-state index contributed by atoms with van der Waals surface area (Å²) in [6.45, 7) is 9.78. The zero-order valence-electron chi connectivity index (χ0n) is 13.7. The molecule has 1 aliphatic rings. The van der Waals surface area contributed by atoms with Crippen molar-refractivity contribution in [2.45, 2.75) is 64.8 Å². The number of rotatable bonds is 5. The highest BCUT2D eigenvalue weighted by atomic mass is 16.1. The summed E-state index contributed by atoms with van der Waals surface area (Å²) in [5.74, 6) is 1.03. The standard InChI is InChI=1S/C18H28N2O/c1-12(2)14-7-8-17(16(10-14)13(3)4)20-18(21)11-15-6-5-9-19-15/h7-8,10,12-13,15,19H,5-6,9,11H2,1-4H3,(H,20,21). The average Bonchev–Trinajstić information content (AvgIpc) is 2.91. The molecule has 0 spiro atoms. The number of carbonyl (C=O) groups is 1. The fourth-order valence-corrected chi connectivity index (χ4v) is 2.89. The number of nitrogens with one attached hydrogen (secondary N) is 2. The molecule has 3 nitrogen and oxygen atoms in total. The summed E-state index contributed by atoms with van der Waals surface area (Å²) in [4.78, 5) is 12.2. The van der Waals surface area contributed by atoms with Crippen molar-refractivity contribution in [3.8, 4) is 0 Å². The van der Waals surface area contributed by atoms with Gasteiger partial charge in [0.2, 0.25) is 5.91 Å². The normalized spacial score (nSPS) is 18.5. The van der Waals surface area contributed by atoms with E-state index in [1.54, 1.807) is 0 Å². The Hall–Kier alpha value is -1.35. The highest BCUT2D eigenvalue weighted by molar-refractivity contribution is 5.92. The van der Waals surface area contributed by atoms with Crippen LogP contribution in [0.1, 0.15) is 69.9 Å². The number of amides is 1. The summed E-state index contributed by atoms with van der Waals surface area (Å²) in [6, 6.07) is 6.77. The molecule has 2 N–H and O–H groups in total. The monoisotopic (exact) mass is 288 g/mol. The Morgan fingerprint density at radius 3 is 2.62 bits per heavy atom. The van der Waals surface area contributed by atoms with Crippen LogP contribution >= 0.6 is 0 Å². The first-order chi connectivity index (χ1) is 9.97. The van der Waals surface area contributed by atoms with Gasteiger partial charge in [-0.2, -0.15) is 0 Å². The Labute approximate surface area is 128 Å². The van der Waals surface area contributed by atoms with Crippen molar-refractivity contribution in [3.05, 3.63) is 29.3 Å². The summed E-state index contributed by atoms with van der Waals surface area (Å²) >= 11 is 0. The van der Waals surface area contributed by atoms with Crippen LogP contribution in [0.25, 0.3) is 0 Å². The van der Waals surface area contributed by atoms with Gasteiger partial charge in [0, 0.05) is 18.2 Å². The lowest BCUT2D eigenvalue weighted by molar-refractivity contribution is -0.116. The lowest BCUT2D eigenvalue weighted by Crippen LogP contribution is -2.27. The molecule has 0 aliphatic carbocycles. The molecule has 1 aromatic carbocycles. The molecule has 1 heterocycles. The fourth-order valence-electron chi connectivity index (χ4n) is 2.89. The van der Waals surface area contributed by atoms with Crippen LogP contribution in [0.2, 0.25) is 0 Å². The molecular weight excluding hydrogens is 260 g/mol. The zero-order valence-corrected chi connectivity index (χ0v) is 13.7. The molecule has 2 rings (SSSR count). The Balaban J connectivity index is 2.09. The van der Waals surface area contributed by atoms with Crippen molar-refractivity contribution in [2.75, 3.05) is 11.9 Å². The van der Waals surface area contributed by atoms with Crippen molar-refractivity contribution in [3.63, 3.8) is 0 Å². The van der Waals surface area contributed by atoms with E-state index in [4.69, 9.17) is 0 Å². The van der Waals surface area contributed by atoms with Gasteiger partial charge < -0.3 is 10.6 Å². The first kappa shape index (κ1) is 16.0. The second-order valence-corrected chi connectivity index (χ2v) is 6.70. The Kier molecular flexibility index (Phi) is 5.40. The molecule has 3 heteroatoms. The smallest absolute Gasteiger partial charge is 0.225 e. The average molecular weight is 288 g/mol. The topological polar surface area (TPSA) is 41.1 Å². The minimum absolute atomic E-state index is 0.119. The third-order valence-corrected chi connectivity index (χ3v) is 4.23. The minimum atomic E-state index is 0.119. The van der Waals surface area contributed by atoms with Crippen LogP contribution in [0.3, 0.4) is 0 Å². The predicted octanol–water partition coefficient (Wildman–Crippen LogP) is 4.01. The molecule has 1 aromatic rings. The van der Waals surface area contributed by atoms with Crippen molar-refractivity contribution in [2.24, 2.45) is 0 Å². The maximum atomic E-state index is 12.2. The molecule has 0 radical (unpaired) electrons. The second-order valence-electron chi connectivity index (χ2n) is 6.70. The van der Waals surface area contributed by atoms with Crippen LogP contribution in [0.15, 0.2) is 18.2 Å². The van der Waals surface area contributed by atoms with Gasteiger partial charge in [0.1, 0.15) is 0 Å². The van der Waals surface area contributed by atoms with Gasteiger partial charge in [-0.15, -0.1) is 0 Å². The van der Waals surface area contributed by atoms with E-state index in [0.717, 1.165) is 18.7 Å². The van der Waals surface area contributed by atoms with E-state index in [1.807, 2.05) is 0 Å². The lowest BCUT2D eigenvalue weighted by atomic mass is 9.94. The molecular formula is C18H28N2O. The highest BCUT2D eigenvalue weighted by Crippen LogP contribution is 2.28. The quantitative estimate of drug-likeness (QED) is 0.859. The molecule has 1 unspecified atom stereocenters. The molecule has 0 saturated carbocycles. The maximum Gasteiger partial charge on any atom is 0.225 e. The first-order valence-electron chi connectivity index (χ1n) is 8.14. The predicted molar refractivity (Wildman–Crippen MR) is 88.9 cm³/mol. The second kappa shape index (κ2) is 7.08. The lowest BCUT2D eigenvalue weighted by Gasteiger charge is -2.18. The number of hydrogen-bond acceptors (Lipinski definition) is 2. The number of carbonyl (C=O) groups excluding carboxylic acids is 1. The summed E-state index contributed by atoms with van der Waals surface area (Å²) < 4.78 is 0. The van der Waals surface area contributed by atoms with Gasteiger partial charge in [-0.1, -0.05) is 39.8 Å². The number of benzene rings is 1. The minimum Gasteiger partial charge on any atom is -0.326 e. The molecule has 21 heavy (non-hydrogen) atoms. The summed E-state index contributed by atoms with van der Waals surface area (Å²) in [7, 11) is 0. The molecule has 116 valence electrons. The van der Waals surface area contributed by atoms with Crippen LogP contribution in [-0.2, 0) is 4.79 Å². The third kappa shape index (κ3) is 4.31. The van der Waals surface area contributed by atoms with E-state index < -0.39 is 0 Å². The molecule has 0 aromatic heterocycles. The van der Waals surface area contributed by atoms with Crippen molar-refractivity contribution in [1.82, 2.24) is 5.32 Å². The number of hydrogen-bond donors (Lipinski definition) is 2. The van der Waals surface area contributed by atoms with E-state index in [9.17, 15) is 4.79 Å². The SMILES string of the molecule is CC(C)c1ccc(NC(=O)CC2CCCN2)c(C(C)C)c1. The van der Waals surface area contributed by atoms with Crippen LogP contribution < -0.4 is 10.6 Å². The Morgan fingerprint density at radius 1 is 1.29 bits per heavy atom. The van der Waals surface area contributed by atoms with Gasteiger partial charge in [-0.05, 0) is 48.4 Å². The fraction of sp³-hybridized carbons (Fsp3) is 0.611. The molecule has 1 saturated heterocycles. The maximum absolute atomic E-state index is 12.2. The first-order valence-corrected chi connectivity index (χ1v) is 8.14. The van der Waals surface area contributed by atoms with E-state index in [2.05, 4.69) is 56.5 Å². The van der Waals surface area contributed by atoms with Crippen molar-refractivity contribution < 1.29 is 4.79 Å². The van der Waals surface area contributed by atoms with Crippen molar-refractivity contribution >= 4 is 11.6 Å². The molecule has 1 amide bonds. The molecule has 1 atom stereocenters. The van der Waals surface area contributed by atoms with Crippen LogP contribution in [0, 0.1) is 0 Å². The van der Waals surface area contributed by atoms with Crippen LogP contribution in [0.5, 0.6) is 0 Å². The van der Waals surface area contributed by atoms with Gasteiger partial charge >= 0.3 is 0 Å². The Bertz CT molecular complexity index is 488. The van der Waals surface area contributed by atoms with Gasteiger partial charge in [0.25, 0.3) is 0 Å². The largest absolute Gasteiger partial charge is 0.326 e. The van der Waals surface area contributed by atoms with Gasteiger partial charge in [0.15, 0.2) is 0 Å². The summed E-state index contributed by atoms with van der Waals surface area (Å²) in [5, 5.41) is 6.48. The van der Waals surface area contributed by atoms with E-state index in [0.29, 0.717) is 24.3 Å². The third-order valence-electron chi connectivity index (χ3n) is 4.23. The van der Waals surface area contributed by atoms with E-state index in [1.165, 1.54) is 17.5 Å². The van der Waals surface area contributed by atoms with E-state index >= 15 is 0 Å². The summed E-state index contributed by atoms with van der Waals surface area (Å²) in [6.07, 6.45) is 2.86. The Morgan fingerprint density at radius 2 is 2.05 bits per heavy atom. The van der Waals surface area contributed by atoms with Gasteiger partial charge in [-0.3, -0.25) is 4.79 Å². The number of anilines is 1.